The summed E-state index contributed by atoms with van der Waals surface area (Å²) in [5.74, 6) is 8.25. The van der Waals surface area contributed by atoms with Gasteiger partial charge in [0.25, 0.3) is 8.32 Å². The number of hydrogen-bond acceptors (Lipinski definition) is 1. The van der Waals surface area contributed by atoms with Crippen molar-refractivity contribution in [3.8, 4) is 12.3 Å². The SMILES string of the molecule is C#C[C@H]1[C@@H](CCC(C)(C)[Si](O)(c2ccccc2)c2ccccc2)[C@H]2[C@@H]([C@H]3C[C@]31C)[C@@H](C)CC[C@@H]2C. The molecule has 0 amide bonds. The Labute approximate surface area is 214 Å². The Balaban J connectivity index is 1.49. The van der Waals surface area contributed by atoms with E-state index >= 15 is 0 Å². The summed E-state index contributed by atoms with van der Waals surface area (Å²) in [7, 11) is -3.00. The molecule has 3 fully saturated rings. The lowest BCUT2D eigenvalue weighted by Crippen LogP contribution is -2.65. The first-order valence-corrected chi connectivity index (χ1v) is 15.9. The molecule has 0 radical (unpaired) electrons. The molecule has 0 bridgehead atoms. The molecule has 8 atom stereocenters. The van der Waals surface area contributed by atoms with Crippen LogP contribution >= 0.6 is 0 Å². The highest BCUT2D eigenvalue weighted by Gasteiger charge is 2.67. The fourth-order valence-corrected chi connectivity index (χ4v) is 12.5. The summed E-state index contributed by atoms with van der Waals surface area (Å²) in [6.45, 7) is 12.1. The first-order chi connectivity index (χ1) is 16.6. The maximum absolute atomic E-state index is 12.7. The average Bonchev–Trinajstić information content (AvgIpc) is 3.56. The molecule has 35 heavy (non-hydrogen) atoms. The monoisotopic (exact) mass is 484 g/mol. The molecule has 1 N–H and O–H groups in total. The fourth-order valence-electron chi connectivity index (χ4n) is 8.79. The third-order valence-corrected chi connectivity index (χ3v) is 15.5. The summed E-state index contributed by atoms with van der Waals surface area (Å²) >= 11 is 0. The molecule has 3 saturated carbocycles. The summed E-state index contributed by atoms with van der Waals surface area (Å²) in [6, 6.07) is 21.0. The van der Waals surface area contributed by atoms with Crippen molar-refractivity contribution in [3.05, 3.63) is 60.7 Å². The van der Waals surface area contributed by atoms with Gasteiger partial charge in [0.05, 0.1) is 0 Å². The highest BCUT2D eigenvalue weighted by molar-refractivity contribution is 6.98. The minimum absolute atomic E-state index is 0.213. The summed E-state index contributed by atoms with van der Waals surface area (Å²) in [6.07, 6.45) is 12.5. The Hall–Kier alpha value is -1.82. The fraction of sp³-hybridized carbons (Fsp3) is 0.576. The molecule has 0 aliphatic heterocycles. The molecule has 0 saturated heterocycles. The number of rotatable bonds is 6. The summed E-state index contributed by atoms with van der Waals surface area (Å²) < 4.78 is 0. The van der Waals surface area contributed by atoms with Crippen molar-refractivity contribution in [1.29, 1.82) is 0 Å². The van der Waals surface area contributed by atoms with Gasteiger partial charge in [-0.3, -0.25) is 0 Å². The van der Waals surface area contributed by atoms with Gasteiger partial charge in [-0.15, -0.1) is 12.3 Å². The molecule has 0 spiro atoms. The van der Waals surface area contributed by atoms with Gasteiger partial charge in [-0.2, -0.15) is 0 Å². The van der Waals surface area contributed by atoms with Crippen molar-refractivity contribution in [3.63, 3.8) is 0 Å². The second-order valence-electron chi connectivity index (χ2n) is 13.2. The van der Waals surface area contributed by atoms with E-state index in [1.54, 1.807) is 0 Å². The average molecular weight is 485 g/mol. The summed E-state index contributed by atoms with van der Waals surface area (Å²) in [5, 5.41) is 2.01. The molecule has 186 valence electrons. The van der Waals surface area contributed by atoms with E-state index in [2.05, 4.69) is 89.1 Å². The van der Waals surface area contributed by atoms with Crippen molar-refractivity contribution in [2.24, 2.45) is 46.8 Å². The van der Waals surface area contributed by atoms with Gasteiger partial charge in [-0.25, -0.2) is 0 Å². The van der Waals surface area contributed by atoms with E-state index in [-0.39, 0.29) is 5.04 Å². The van der Waals surface area contributed by atoms with Gasteiger partial charge in [0.2, 0.25) is 0 Å². The number of fused-ring (bicyclic) bond motifs is 3. The smallest absolute Gasteiger partial charge is 0.258 e. The number of hydrogen-bond donors (Lipinski definition) is 1. The highest BCUT2D eigenvalue weighted by Crippen LogP contribution is 2.73. The van der Waals surface area contributed by atoms with Crippen molar-refractivity contribution in [2.45, 2.75) is 71.8 Å². The molecular formula is C33H44OSi. The Morgan fingerprint density at radius 2 is 1.46 bits per heavy atom. The van der Waals surface area contributed by atoms with Gasteiger partial charge in [0.15, 0.2) is 0 Å². The van der Waals surface area contributed by atoms with Crippen molar-refractivity contribution in [2.75, 3.05) is 0 Å². The summed E-state index contributed by atoms with van der Waals surface area (Å²) in [5.41, 5.74) is 0.336. The Kier molecular flexibility index (Phi) is 6.34. The predicted molar refractivity (Wildman–Crippen MR) is 150 cm³/mol. The van der Waals surface area contributed by atoms with Crippen LogP contribution in [0, 0.1) is 59.2 Å². The quantitative estimate of drug-likeness (QED) is 0.366. The molecule has 0 aromatic heterocycles. The first kappa shape index (κ1) is 24.9. The molecule has 3 aliphatic rings. The van der Waals surface area contributed by atoms with Crippen LogP contribution < -0.4 is 10.4 Å². The lowest BCUT2D eigenvalue weighted by atomic mass is 9.52. The third kappa shape index (κ3) is 3.86. The van der Waals surface area contributed by atoms with Crippen LogP contribution in [0.3, 0.4) is 0 Å². The highest BCUT2D eigenvalue weighted by atomic mass is 28.4. The molecule has 3 aliphatic carbocycles. The minimum atomic E-state index is -3.00. The Morgan fingerprint density at radius 3 is 1.97 bits per heavy atom. The van der Waals surface area contributed by atoms with E-state index in [1.807, 2.05) is 12.1 Å². The molecular weight excluding hydrogens is 440 g/mol. The molecule has 0 unspecified atom stereocenters. The molecule has 2 heteroatoms. The molecule has 2 aromatic rings. The van der Waals surface area contributed by atoms with Gasteiger partial charge in [0, 0.05) is 5.92 Å². The Bertz CT molecular complexity index is 1030. The van der Waals surface area contributed by atoms with Gasteiger partial charge in [-0.1, -0.05) is 108 Å². The van der Waals surface area contributed by atoms with Crippen molar-refractivity contribution >= 4 is 18.7 Å². The second kappa shape index (κ2) is 8.93. The standard InChI is InChI=1S/C33H44OSi/c1-7-28-27(30-23(2)18-19-24(3)31(30)29-22-33(28,29)6)20-21-32(4,5)35(34,25-14-10-8-11-15-25)26-16-12-9-13-17-26/h1,8-17,23-24,27-31,34H,18-22H2,2-6H3/t23-,24-,27+,28-,29+,30-,31+,33-/m0/s1. The van der Waals surface area contributed by atoms with Crippen LogP contribution in [0.5, 0.6) is 0 Å². The van der Waals surface area contributed by atoms with E-state index in [4.69, 9.17) is 6.42 Å². The predicted octanol–water partition coefficient (Wildman–Crippen LogP) is 6.50. The maximum Gasteiger partial charge on any atom is 0.258 e. The van der Waals surface area contributed by atoms with Gasteiger partial charge >= 0.3 is 0 Å². The minimum Gasteiger partial charge on any atom is -0.424 e. The van der Waals surface area contributed by atoms with Gasteiger partial charge < -0.3 is 4.80 Å². The van der Waals surface area contributed by atoms with Gasteiger partial charge in [-0.05, 0) is 75.6 Å². The van der Waals surface area contributed by atoms with Crippen LogP contribution in [0.2, 0.25) is 5.04 Å². The van der Waals surface area contributed by atoms with E-state index in [9.17, 15) is 4.80 Å². The van der Waals surface area contributed by atoms with Crippen molar-refractivity contribution in [1.82, 2.24) is 0 Å². The van der Waals surface area contributed by atoms with E-state index < -0.39 is 8.32 Å². The largest absolute Gasteiger partial charge is 0.424 e. The third-order valence-electron chi connectivity index (χ3n) is 10.9. The lowest BCUT2D eigenvalue weighted by Gasteiger charge is -2.53. The normalized spacial score (nSPS) is 36.5. The first-order valence-electron chi connectivity index (χ1n) is 13.9. The van der Waals surface area contributed by atoms with Crippen LogP contribution in [0.15, 0.2) is 60.7 Å². The van der Waals surface area contributed by atoms with Crippen LogP contribution in [0.25, 0.3) is 0 Å². The molecule has 0 heterocycles. The number of benzene rings is 2. The lowest BCUT2D eigenvalue weighted by molar-refractivity contribution is -0.0328. The van der Waals surface area contributed by atoms with Gasteiger partial charge in [0.1, 0.15) is 0 Å². The zero-order valence-electron chi connectivity index (χ0n) is 22.4. The zero-order chi connectivity index (χ0) is 25.0. The van der Waals surface area contributed by atoms with Crippen molar-refractivity contribution < 1.29 is 4.80 Å². The second-order valence-corrected chi connectivity index (χ2v) is 17.1. The van der Waals surface area contributed by atoms with E-state index in [1.165, 1.54) is 19.3 Å². The molecule has 1 nitrogen and oxygen atoms in total. The van der Waals surface area contributed by atoms with Crippen LogP contribution in [-0.2, 0) is 0 Å². The zero-order valence-corrected chi connectivity index (χ0v) is 23.4. The number of terminal acetylenes is 1. The topological polar surface area (TPSA) is 20.2 Å². The van der Waals surface area contributed by atoms with Crippen LogP contribution in [0.1, 0.15) is 66.7 Å². The van der Waals surface area contributed by atoms with E-state index in [0.29, 0.717) is 17.3 Å². The van der Waals surface area contributed by atoms with E-state index in [0.717, 1.165) is 52.8 Å². The molecule has 2 aromatic carbocycles. The molecule has 5 rings (SSSR count). The van der Waals surface area contributed by atoms with Crippen LogP contribution in [0.4, 0.5) is 0 Å². The van der Waals surface area contributed by atoms with Crippen LogP contribution in [-0.4, -0.2) is 13.1 Å². The Morgan fingerprint density at radius 1 is 0.943 bits per heavy atom. The maximum atomic E-state index is 12.7. The summed E-state index contributed by atoms with van der Waals surface area (Å²) in [4.78, 5) is 12.7.